The van der Waals surface area contributed by atoms with Crippen LogP contribution in [0.2, 0.25) is 0 Å². The fraction of sp³-hybridized carbons (Fsp3) is 0.438. The molecule has 20 heavy (non-hydrogen) atoms. The normalized spacial score (nSPS) is 14.7. The van der Waals surface area contributed by atoms with E-state index in [9.17, 15) is 9.18 Å². The maximum atomic E-state index is 13.3. The Balaban J connectivity index is 1.91. The van der Waals surface area contributed by atoms with Crippen LogP contribution in [0.25, 0.3) is 6.08 Å². The summed E-state index contributed by atoms with van der Waals surface area (Å²) >= 11 is 1.30. The van der Waals surface area contributed by atoms with Crippen molar-refractivity contribution in [2.24, 2.45) is 5.92 Å². The summed E-state index contributed by atoms with van der Waals surface area (Å²) in [6, 6.07) is 4.59. The molecule has 0 saturated heterocycles. The van der Waals surface area contributed by atoms with Crippen molar-refractivity contribution in [3.8, 4) is 5.75 Å². The van der Waals surface area contributed by atoms with Crippen molar-refractivity contribution >= 4 is 23.0 Å². The van der Waals surface area contributed by atoms with Crippen LogP contribution in [0.1, 0.15) is 31.7 Å². The fourth-order valence-corrected chi connectivity index (χ4v) is 2.30. The Hall–Kier alpha value is -1.29. The van der Waals surface area contributed by atoms with Crippen LogP contribution in [-0.4, -0.2) is 17.5 Å². The highest BCUT2D eigenvalue weighted by Crippen LogP contribution is 2.30. The van der Waals surface area contributed by atoms with Crippen LogP contribution in [0.4, 0.5) is 4.39 Å². The molecule has 0 aromatic heterocycles. The number of carbonyl (C=O) groups is 1. The minimum Gasteiger partial charge on any atom is -0.493 e. The summed E-state index contributed by atoms with van der Waals surface area (Å²) < 4.78 is 19.0. The van der Waals surface area contributed by atoms with Crippen LogP contribution < -0.4 is 4.74 Å². The molecule has 0 amide bonds. The van der Waals surface area contributed by atoms with Gasteiger partial charge in [0.25, 0.3) is 0 Å². The van der Waals surface area contributed by atoms with E-state index >= 15 is 0 Å². The van der Waals surface area contributed by atoms with E-state index in [4.69, 9.17) is 4.74 Å². The van der Waals surface area contributed by atoms with Gasteiger partial charge in [0.15, 0.2) is 5.12 Å². The molecule has 4 heteroatoms. The van der Waals surface area contributed by atoms with Gasteiger partial charge in [-0.1, -0.05) is 23.9 Å². The van der Waals surface area contributed by atoms with Gasteiger partial charge in [-0.3, -0.25) is 4.79 Å². The number of hydrogen-bond donors (Lipinski definition) is 0. The molecule has 1 aromatic rings. The number of benzene rings is 1. The first kappa shape index (κ1) is 15.1. The van der Waals surface area contributed by atoms with Crippen molar-refractivity contribution < 1.29 is 13.9 Å². The van der Waals surface area contributed by atoms with E-state index in [2.05, 4.69) is 0 Å². The lowest BCUT2D eigenvalue weighted by Gasteiger charge is -2.08. The third-order valence-corrected chi connectivity index (χ3v) is 3.88. The van der Waals surface area contributed by atoms with Gasteiger partial charge >= 0.3 is 0 Å². The van der Waals surface area contributed by atoms with E-state index in [1.54, 1.807) is 13.0 Å². The Morgan fingerprint density at radius 1 is 1.50 bits per heavy atom. The minimum atomic E-state index is -0.262. The standard InChI is InChI=1S/C16H19FO2S/c1-12(18)20-9-3-2-4-14-10-15(17)7-8-16(14)19-11-13-5-6-13/h2,4,7-8,10,13H,3,5-6,9,11H2,1H3. The molecule has 0 aliphatic heterocycles. The monoisotopic (exact) mass is 294 g/mol. The molecule has 0 bridgehead atoms. The number of halogens is 1. The average Bonchev–Trinajstić information content (AvgIpc) is 3.21. The summed E-state index contributed by atoms with van der Waals surface area (Å²) in [5, 5.41) is 0.123. The van der Waals surface area contributed by atoms with Crippen molar-refractivity contribution in [3.05, 3.63) is 35.7 Å². The predicted octanol–water partition coefficient (Wildman–Crippen LogP) is 4.30. The van der Waals surface area contributed by atoms with Crippen LogP contribution >= 0.6 is 11.8 Å². The van der Waals surface area contributed by atoms with E-state index in [0.717, 1.165) is 23.5 Å². The number of ether oxygens (including phenoxy) is 1. The molecule has 108 valence electrons. The molecule has 0 heterocycles. The number of thioether (sulfide) groups is 1. The zero-order valence-electron chi connectivity index (χ0n) is 11.6. The van der Waals surface area contributed by atoms with Gasteiger partial charge in [-0.15, -0.1) is 0 Å². The third-order valence-electron chi connectivity index (χ3n) is 3.03. The van der Waals surface area contributed by atoms with Crippen molar-refractivity contribution in [2.75, 3.05) is 12.4 Å². The molecule has 0 radical (unpaired) electrons. The molecule has 2 nitrogen and oxygen atoms in total. The number of carbonyl (C=O) groups excluding carboxylic acids is 1. The molecular formula is C16H19FO2S. The van der Waals surface area contributed by atoms with Crippen LogP contribution in [-0.2, 0) is 4.79 Å². The largest absolute Gasteiger partial charge is 0.493 e. The van der Waals surface area contributed by atoms with Crippen LogP contribution in [0, 0.1) is 11.7 Å². The summed E-state index contributed by atoms with van der Waals surface area (Å²) in [6.07, 6.45) is 7.06. The van der Waals surface area contributed by atoms with E-state index in [1.807, 2.05) is 12.2 Å². The van der Waals surface area contributed by atoms with Gasteiger partial charge in [-0.05, 0) is 43.4 Å². The predicted molar refractivity (Wildman–Crippen MR) is 81.4 cm³/mol. The maximum absolute atomic E-state index is 13.3. The summed E-state index contributed by atoms with van der Waals surface area (Å²) in [5.41, 5.74) is 0.762. The molecule has 1 aromatic carbocycles. The molecule has 0 unspecified atom stereocenters. The summed E-state index contributed by atoms with van der Waals surface area (Å²) in [7, 11) is 0. The second-order valence-corrected chi connectivity index (χ2v) is 6.24. The lowest BCUT2D eigenvalue weighted by atomic mass is 10.1. The lowest BCUT2D eigenvalue weighted by molar-refractivity contribution is -0.109. The molecule has 1 aliphatic rings. The Kier molecular flexibility index (Phi) is 5.65. The van der Waals surface area contributed by atoms with E-state index in [1.165, 1.54) is 36.7 Å². The average molecular weight is 294 g/mol. The molecule has 0 atom stereocenters. The molecule has 1 fully saturated rings. The van der Waals surface area contributed by atoms with Crippen molar-refractivity contribution in [1.29, 1.82) is 0 Å². The van der Waals surface area contributed by atoms with Crippen LogP contribution in [0.3, 0.4) is 0 Å². The molecule has 0 spiro atoms. The number of rotatable bonds is 7. The Bertz CT molecular complexity index is 495. The molecule has 2 rings (SSSR count). The second kappa shape index (κ2) is 7.48. The smallest absolute Gasteiger partial charge is 0.185 e. The van der Waals surface area contributed by atoms with Crippen molar-refractivity contribution in [2.45, 2.75) is 26.2 Å². The second-order valence-electron chi connectivity index (χ2n) is 4.97. The quantitative estimate of drug-likeness (QED) is 0.701. The Labute approximate surface area is 123 Å². The third kappa shape index (κ3) is 5.37. The van der Waals surface area contributed by atoms with Crippen molar-refractivity contribution in [1.82, 2.24) is 0 Å². The molecular weight excluding hydrogens is 275 g/mol. The highest BCUT2D eigenvalue weighted by molar-refractivity contribution is 8.13. The van der Waals surface area contributed by atoms with Gasteiger partial charge in [0.1, 0.15) is 11.6 Å². The Morgan fingerprint density at radius 3 is 3.00 bits per heavy atom. The van der Waals surface area contributed by atoms with Crippen LogP contribution in [0.15, 0.2) is 24.3 Å². The Morgan fingerprint density at radius 2 is 2.30 bits per heavy atom. The molecule has 1 aliphatic carbocycles. The molecule has 0 N–H and O–H groups in total. The minimum absolute atomic E-state index is 0.123. The lowest BCUT2D eigenvalue weighted by Crippen LogP contribution is -2.00. The van der Waals surface area contributed by atoms with Gasteiger partial charge in [0.05, 0.1) is 6.61 Å². The first-order valence-corrected chi connectivity index (χ1v) is 7.86. The molecule has 1 saturated carbocycles. The van der Waals surface area contributed by atoms with Gasteiger partial charge in [-0.25, -0.2) is 4.39 Å². The highest BCUT2D eigenvalue weighted by atomic mass is 32.2. The highest BCUT2D eigenvalue weighted by Gasteiger charge is 2.22. The number of allylic oxidation sites excluding steroid dienone is 1. The zero-order valence-corrected chi connectivity index (χ0v) is 12.4. The zero-order chi connectivity index (χ0) is 14.4. The van der Waals surface area contributed by atoms with Crippen LogP contribution in [0.5, 0.6) is 5.75 Å². The van der Waals surface area contributed by atoms with E-state index in [0.29, 0.717) is 12.5 Å². The van der Waals surface area contributed by atoms with E-state index < -0.39 is 0 Å². The van der Waals surface area contributed by atoms with E-state index in [-0.39, 0.29) is 10.9 Å². The summed E-state index contributed by atoms with van der Waals surface area (Å²) in [4.78, 5) is 10.8. The number of hydrogen-bond acceptors (Lipinski definition) is 3. The van der Waals surface area contributed by atoms with Crippen molar-refractivity contribution in [3.63, 3.8) is 0 Å². The van der Waals surface area contributed by atoms with Gasteiger partial charge in [0, 0.05) is 18.2 Å². The first-order chi connectivity index (χ1) is 9.65. The summed E-state index contributed by atoms with van der Waals surface area (Å²) in [6.45, 7) is 2.28. The fourth-order valence-electron chi connectivity index (χ4n) is 1.75. The maximum Gasteiger partial charge on any atom is 0.185 e. The van der Waals surface area contributed by atoms with Gasteiger partial charge < -0.3 is 4.74 Å². The summed E-state index contributed by atoms with van der Waals surface area (Å²) in [5.74, 6) is 1.89. The first-order valence-electron chi connectivity index (χ1n) is 6.87. The topological polar surface area (TPSA) is 26.3 Å². The van der Waals surface area contributed by atoms with Gasteiger partial charge in [-0.2, -0.15) is 0 Å². The van der Waals surface area contributed by atoms with Gasteiger partial charge in [0.2, 0.25) is 0 Å². The SMILES string of the molecule is CC(=O)SCCC=Cc1cc(F)ccc1OCC1CC1.